The number of likely N-dealkylation sites (N-methyl/N-ethyl adjacent to an activating group) is 1. The molecule has 4 rings (SSSR count). The number of carbonyl (C=O) groups is 1. The maximum absolute atomic E-state index is 13.3. The van der Waals surface area contributed by atoms with Crippen LogP contribution in [0.1, 0.15) is 48.8 Å². The number of nitrogens with zero attached hydrogens (tertiary/aromatic N) is 4. The number of anilines is 1. The molecule has 0 bridgehead atoms. The van der Waals surface area contributed by atoms with Crippen molar-refractivity contribution in [3.8, 4) is 5.75 Å². The Labute approximate surface area is 182 Å². The van der Waals surface area contributed by atoms with Crippen LogP contribution >= 0.6 is 0 Å². The fourth-order valence-corrected chi connectivity index (χ4v) is 4.38. The molecule has 8 heteroatoms. The van der Waals surface area contributed by atoms with Gasteiger partial charge in [0.15, 0.2) is 5.82 Å². The van der Waals surface area contributed by atoms with Crippen molar-refractivity contribution in [1.29, 1.82) is 0 Å². The van der Waals surface area contributed by atoms with E-state index in [2.05, 4.69) is 17.3 Å². The first-order valence-corrected chi connectivity index (χ1v) is 11.0. The fourth-order valence-electron chi connectivity index (χ4n) is 4.38. The number of likely N-dealkylation sites (tertiary alicyclic amines) is 1. The van der Waals surface area contributed by atoms with Crippen molar-refractivity contribution in [1.82, 2.24) is 19.8 Å². The number of piperidine rings is 1. The molecule has 3 heterocycles. The van der Waals surface area contributed by atoms with E-state index in [0.29, 0.717) is 12.3 Å². The Balaban J connectivity index is 1.47. The molecular formula is C23H30FN5O2. The van der Waals surface area contributed by atoms with Crippen LogP contribution in [0.2, 0.25) is 0 Å². The highest BCUT2D eigenvalue weighted by molar-refractivity contribution is 5.77. The van der Waals surface area contributed by atoms with Gasteiger partial charge in [-0.05, 0) is 38.4 Å². The zero-order valence-electron chi connectivity index (χ0n) is 18.2. The van der Waals surface area contributed by atoms with E-state index in [1.54, 1.807) is 12.1 Å². The second-order valence-corrected chi connectivity index (χ2v) is 8.25. The molecule has 31 heavy (non-hydrogen) atoms. The Bertz CT molecular complexity index is 921. The summed E-state index contributed by atoms with van der Waals surface area (Å²) >= 11 is 0. The summed E-state index contributed by atoms with van der Waals surface area (Å²) in [6.07, 6.45) is 4.01. The van der Waals surface area contributed by atoms with E-state index in [0.717, 1.165) is 61.7 Å². The second kappa shape index (κ2) is 9.60. The Morgan fingerprint density at radius 3 is 2.97 bits per heavy atom. The number of benzene rings is 1. The van der Waals surface area contributed by atoms with Crippen LogP contribution in [0.5, 0.6) is 5.75 Å². The lowest BCUT2D eigenvalue weighted by atomic mass is 9.99. The Kier molecular flexibility index (Phi) is 6.65. The average molecular weight is 428 g/mol. The van der Waals surface area contributed by atoms with E-state index in [4.69, 9.17) is 14.7 Å². The van der Waals surface area contributed by atoms with E-state index >= 15 is 0 Å². The van der Waals surface area contributed by atoms with E-state index in [1.165, 1.54) is 12.1 Å². The van der Waals surface area contributed by atoms with E-state index in [1.807, 2.05) is 11.9 Å². The molecule has 1 fully saturated rings. The Morgan fingerprint density at radius 1 is 1.29 bits per heavy atom. The van der Waals surface area contributed by atoms with Crippen molar-refractivity contribution >= 4 is 11.7 Å². The molecule has 1 aromatic heterocycles. The van der Waals surface area contributed by atoms with Gasteiger partial charge in [0.25, 0.3) is 0 Å². The highest BCUT2D eigenvalue weighted by Gasteiger charge is 2.31. The van der Waals surface area contributed by atoms with Crippen LogP contribution in [-0.4, -0.2) is 59.5 Å². The lowest BCUT2D eigenvalue weighted by Crippen LogP contribution is -2.40. The van der Waals surface area contributed by atoms with Crippen LogP contribution in [0.4, 0.5) is 10.2 Å². The number of hydrogen-bond donors (Lipinski definition) is 1. The summed E-state index contributed by atoms with van der Waals surface area (Å²) in [6, 6.07) is 5.86. The van der Waals surface area contributed by atoms with Crippen LogP contribution in [0.3, 0.4) is 0 Å². The monoisotopic (exact) mass is 427 g/mol. The molecule has 1 amide bonds. The van der Waals surface area contributed by atoms with Crippen LogP contribution in [0.15, 0.2) is 24.3 Å². The highest BCUT2D eigenvalue weighted by Crippen LogP contribution is 2.32. The standard InChI is InChI=1S/C23H30FN5O2/c1-25-22-18-15-28(2)12-9-19(18)26-23(27-22)20-8-3-4-11-29(20)21(30)10-13-31-17-7-5-6-16(24)14-17/h5-7,14,20H,3-4,8-13,15H2,1-2H3,(H,25,26,27). The van der Waals surface area contributed by atoms with Crippen LogP contribution < -0.4 is 10.1 Å². The predicted octanol–water partition coefficient (Wildman–Crippen LogP) is 3.17. The molecule has 2 aliphatic heterocycles. The van der Waals surface area contributed by atoms with Crippen molar-refractivity contribution in [2.75, 3.05) is 39.1 Å². The normalized spacial score (nSPS) is 19.1. The minimum Gasteiger partial charge on any atom is -0.493 e. The van der Waals surface area contributed by atoms with Gasteiger partial charge in [0.2, 0.25) is 5.91 Å². The molecule has 2 aromatic rings. The molecule has 1 unspecified atom stereocenters. The van der Waals surface area contributed by atoms with Gasteiger partial charge in [-0.15, -0.1) is 0 Å². The maximum Gasteiger partial charge on any atom is 0.226 e. The van der Waals surface area contributed by atoms with Crippen LogP contribution in [-0.2, 0) is 17.8 Å². The molecular weight excluding hydrogens is 397 g/mol. The van der Waals surface area contributed by atoms with Crippen molar-refractivity contribution < 1.29 is 13.9 Å². The summed E-state index contributed by atoms with van der Waals surface area (Å²) in [5, 5.41) is 3.22. The third-order valence-corrected chi connectivity index (χ3v) is 6.01. The predicted molar refractivity (Wildman–Crippen MR) is 116 cm³/mol. The molecule has 0 radical (unpaired) electrons. The minimum atomic E-state index is -0.351. The number of halogens is 1. The first kappa shape index (κ1) is 21.5. The zero-order chi connectivity index (χ0) is 21.8. The summed E-state index contributed by atoms with van der Waals surface area (Å²) in [4.78, 5) is 26.9. The molecule has 7 nitrogen and oxygen atoms in total. The molecule has 0 aliphatic carbocycles. The molecule has 0 spiro atoms. The number of rotatable bonds is 6. The Morgan fingerprint density at radius 2 is 2.16 bits per heavy atom. The quantitative estimate of drug-likeness (QED) is 0.764. The fraction of sp³-hybridized carbons (Fsp3) is 0.522. The number of nitrogens with one attached hydrogen (secondary N) is 1. The van der Waals surface area contributed by atoms with Crippen molar-refractivity contribution in [3.63, 3.8) is 0 Å². The second-order valence-electron chi connectivity index (χ2n) is 8.25. The molecule has 1 saturated heterocycles. The molecule has 2 aliphatic rings. The van der Waals surface area contributed by atoms with Crippen molar-refractivity contribution in [2.24, 2.45) is 0 Å². The zero-order valence-corrected chi connectivity index (χ0v) is 18.2. The van der Waals surface area contributed by atoms with Crippen molar-refractivity contribution in [3.05, 3.63) is 47.2 Å². The lowest BCUT2D eigenvalue weighted by Gasteiger charge is -2.36. The highest BCUT2D eigenvalue weighted by atomic mass is 19.1. The lowest BCUT2D eigenvalue weighted by molar-refractivity contribution is -0.135. The van der Waals surface area contributed by atoms with Crippen LogP contribution in [0.25, 0.3) is 0 Å². The number of aromatic nitrogens is 2. The third kappa shape index (κ3) is 4.95. The van der Waals surface area contributed by atoms with Crippen molar-refractivity contribution in [2.45, 2.75) is 44.7 Å². The molecule has 1 aromatic carbocycles. The van der Waals surface area contributed by atoms with Crippen LogP contribution in [0, 0.1) is 5.82 Å². The van der Waals surface area contributed by atoms with E-state index in [-0.39, 0.29) is 30.8 Å². The van der Waals surface area contributed by atoms with Gasteiger partial charge in [-0.3, -0.25) is 4.79 Å². The van der Waals surface area contributed by atoms with Gasteiger partial charge < -0.3 is 19.9 Å². The largest absolute Gasteiger partial charge is 0.493 e. The van der Waals surface area contributed by atoms with E-state index < -0.39 is 0 Å². The summed E-state index contributed by atoms with van der Waals surface area (Å²) < 4.78 is 18.9. The first-order valence-electron chi connectivity index (χ1n) is 11.0. The molecule has 1 N–H and O–H groups in total. The minimum absolute atomic E-state index is 0.0214. The number of amides is 1. The van der Waals surface area contributed by atoms with Gasteiger partial charge in [0.05, 0.1) is 24.8 Å². The number of hydrogen-bond acceptors (Lipinski definition) is 6. The van der Waals surface area contributed by atoms with Gasteiger partial charge in [0.1, 0.15) is 17.4 Å². The molecule has 0 saturated carbocycles. The van der Waals surface area contributed by atoms with Gasteiger partial charge in [-0.2, -0.15) is 0 Å². The average Bonchev–Trinajstić information content (AvgIpc) is 2.78. The summed E-state index contributed by atoms with van der Waals surface area (Å²) in [6.45, 7) is 2.71. The summed E-state index contributed by atoms with van der Waals surface area (Å²) in [7, 11) is 3.98. The maximum atomic E-state index is 13.3. The summed E-state index contributed by atoms with van der Waals surface area (Å²) in [5.74, 6) is 1.69. The van der Waals surface area contributed by atoms with E-state index in [9.17, 15) is 9.18 Å². The van der Waals surface area contributed by atoms with Gasteiger partial charge in [-0.25, -0.2) is 14.4 Å². The smallest absolute Gasteiger partial charge is 0.226 e. The number of ether oxygens (including phenoxy) is 1. The summed E-state index contributed by atoms with van der Waals surface area (Å²) in [5.41, 5.74) is 2.23. The van der Waals surface area contributed by atoms with Gasteiger partial charge in [-0.1, -0.05) is 6.07 Å². The molecule has 166 valence electrons. The molecule has 1 atom stereocenters. The number of carbonyl (C=O) groups excluding carboxylic acids is 1. The van der Waals surface area contributed by atoms with Gasteiger partial charge >= 0.3 is 0 Å². The van der Waals surface area contributed by atoms with Gasteiger partial charge in [0, 0.05) is 44.7 Å². The SMILES string of the molecule is CNc1nc(C2CCCCN2C(=O)CCOc2cccc(F)c2)nc2c1CN(C)CC2. The number of fused-ring (bicyclic) bond motifs is 1. The first-order chi connectivity index (χ1) is 15.0. The topological polar surface area (TPSA) is 70.6 Å². The third-order valence-electron chi connectivity index (χ3n) is 6.01. The Hall–Kier alpha value is -2.74.